The maximum absolute atomic E-state index is 11.6. The van der Waals surface area contributed by atoms with Crippen molar-refractivity contribution in [1.29, 1.82) is 0 Å². The first-order valence-electron chi connectivity index (χ1n) is 7.61. The standard InChI is InChI=1S/C16H26N2O2/c1-4-7-11-18(12-8-5-2)15-10-9-14(13-17-15)16(19)20-6-3/h9-10,13H,4-8,11-12H2,1-3H3. The van der Waals surface area contributed by atoms with Gasteiger partial charge in [0.05, 0.1) is 12.2 Å². The molecule has 0 saturated heterocycles. The van der Waals surface area contributed by atoms with E-state index < -0.39 is 0 Å². The summed E-state index contributed by atoms with van der Waals surface area (Å²) >= 11 is 0. The Kier molecular flexibility index (Phi) is 7.70. The molecule has 1 rings (SSSR count). The molecule has 4 nitrogen and oxygen atoms in total. The van der Waals surface area contributed by atoms with Gasteiger partial charge in [0, 0.05) is 19.3 Å². The lowest BCUT2D eigenvalue weighted by atomic mass is 10.2. The number of ether oxygens (including phenoxy) is 1. The lowest BCUT2D eigenvalue weighted by Crippen LogP contribution is -2.26. The molecule has 0 aliphatic heterocycles. The molecule has 0 aliphatic carbocycles. The smallest absolute Gasteiger partial charge is 0.339 e. The van der Waals surface area contributed by atoms with E-state index in [-0.39, 0.29) is 5.97 Å². The number of hydrogen-bond acceptors (Lipinski definition) is 4. The third kappa shape index (κ3) is 5.19. The number of carbonyl (C=O) groups excluding carboxylic acids is 1. The molecule has 0 saturated carbocycles. The lowest BCUT2D eigenvalue weighted by molar-refractivity contribution is 0.0526. The molecule has 1 aromatic rings. The average molecular weight is 278 g/mol. The van der Waals surface area contributed by atoms with E-state index in [1.807, 2.05) is 6.07 Å². The molecule has 4 heteroatoms. The zero-order valence-electron chi connectivity index (χ0n) is 12.9. The summed E-state index contributed by atoms with van der Waals surface area (Å²) in [5.41, 5.74) is 0.515. The molecule has 1 aromatic heterocycles. The number of nitrogens with zero attached hydrogens (tertiary/aromatic N) is 2. The van der Waals surface area contributed by atoms with Gasteiger partial charge in [0.2, 0.25) is 0 Å². The first kappa shape index (κ1) is 16.5. The molecule has 0 radical (unpaired) electrons. The summed E-state index contributed by atoms with van der Waals surface area (Å²) in [5, 5.41) is 0. The van der Waals surface area contributed by atoms with Crippen LogP contribution in [0.25, 0.3) is 0 Å². The Morgan fingerprint density at radius 2 is 1.80 bits per heavy atom. The summed E-state index contributed by atoms with van der Waals surface area (Å²) < 4.78 is 4.97. The van der Waals surface area contributed by atoms with Gasteiger partial charge in [0.25, 0.3) is 0 Å². The Bertz CT molecular complexity index is 382. The molecule has 0 aliphatic rings. The van der Waals surface area contributed by atoms with Crippen molar-refractivity contribution in [3.8, 4) is 0 Å². The fourth-order valence-corrected chi connectivity index (χ4v) is 1.95. The molecule has 0 N–H and O–H groups in total. The van der Waals surface area contributed by atoms with E-state index in [2.05, 4.69) is 23.7 Å². The van der Waals surface area contributed by atoms with Crippen LogP contribution in [-0.4, -0.2) is 30.6 Å². The van der Waals surface area contributed by atoms with Crippen molar-refractivity contribution in [2.24, 2.45) is 0 Å². The van der Waals surface area contributed by atoms with Crippen LogP contribution in [0.3, 0.4) is 0 Å². The average Bonchev–Trinajstić information content (AvgIpc) is 2.48. The molecular formula is C16H26N2O2. The fraction of sp³-hybridized carbons (Fsp3) is 0.625. The highest BCUT2D eigenvalue weighted by atomic mass is 16.5. The molecule has 0 amide bonds. The van der Waals surface area contributed by atoms with Gasteiger partial charge in [-0.3, -0.25) is 0 Å². The zero-order valence-corrected chi connectivity index (χ0v) is 12.9. The van der Waals surface area contributed by atoms with Crippen molar-refractivity contribution in [3.63, 3.8) is 0 Å². The Balaban J connectivity index is 2.72. The van der Waals surface area contributed by atoms with Crippen LogP contribution < -0.4 is 4.90 Å². The monoisotopic (exact) mass is 278 g/mol. The second-order valence-electron chi connectivity index (χ2n) is 4.82. The van der Waals surface area contributed by atoms with Crippen LogP contribution in [0.4, 0.5) is 5.82 Å². The molecule has 0 bridgehead atoms. The quantitative estimate of drug-likeness (QED) is 0.646. The van der Waals surface area contributed by atoms with Gasteiger partial charge in [-0.15, -0.1) is 0 Å². The second kappa shape index (κ2) is 9.34. The molecule has 0 spiro atoms. The number of carbonyl (C=O) groups is 1. The van der Waals surface area contributed by atoms with Crippen molar-refractivity contribution < 1.29 is 9.53 Å². The van der Waals surface area contributed by atoms with E-state index in [0.717, 1.165) is 31.7 Å². The third-order valence-corrected chi connectivity index (χ3v) is 3.15. The second-order valence-corrected chi connectivity index (χ2v) is 4.82. The zero-order chi connectivity index (χ0) is 14.8. The van der Waals surface area contributed by atoms with Gasteiger partial charge < -0.3 is 9.64 Å². The summed E-state index contributed by atoms with van der Waals surface area (Å²) in [6.45, 7) is 8.60. The van der Waals surface area contributed by atoms with Gasteiger partial charge >= 0.3 is 5.97 Å². The SMILES string of the molecule is CCCCN(CCCC)c1ccc(C(=O)OCC)cn1. The predicted molar refractivity (Wildman–Crippen MR) is 82.2 cm³/mol. The molecule has 0 aromatic carbocycles. The highest BCUT2D eigenvalue weighted by molar-refractivity contribution is 5.89. The summed E-state index contributed by atoms with van der Waals surface area (Å²) in [6, 6.07) is 3.71. The predicted octanol–water partition coefficient (Wildman–Crippen LogP) is 3.66. The van der Waals surface area contributed by atoms with Crippen molar-refractivity contribution in [1.82, 2.24) is 4.98 Å². The van der Waals surface area contributed by atoms with Crippen LogP contribution in [0.2, 0.25) is 0 Å². The van der Waals surface area contributed by atoms with E-state index >= 15 is 0 Å². The van der Waals surface area contributed by atoms with Crippen molar-refractivity contribution >= 4 is 11.8 Å². The number of anilines is 1. The minimum absolute atomic E-state index is 0.305. The van der Waals surface area contributed by atoms with Gasteiger partial charge in [0.15, 0.2) is 0 Å². The van der Waals surface area contributed by atoms with Gasteiger partial charge in [-0.25, -0.2) is 9.78 Å². The van der Waals surface area contributed by atoms with Gasteiger partial charge in [-0.05, 0) is 31.9 Å². The molecule has 0 atom stereocenters. The summed E-state index contributed by atoms with van der Waals surface area (Å²) in [5.74, 6) is 0.639. The van der Waals surface area contributed by atoms with Crippen molar-refractivity contribution in [2.45, 2.75) is 46.5 Å². The Labute approximate surface area is 122 Å². The largest absolute Gasteiger partial charge is 0.462 e. The molecule has 0 fully saturated rings. The van der Waals surface area contributed by atoms with Crippen molar-refractivity contribution in [2.75, 3.05) is 24.6 Å². The highest BCUT2D eigenvalue weighted by Gasteiger charge is 2.10. The van der Waals surface area contributed by atoms with Crippen LogP contribution >= 0.6 is 0 Å². The van der Waals surface area contributed by atoms with Crippen LogP contribution in [-0.2, 0) is 4.74 Å². The molecular weight excluding hydrogens is 252 g/mol. The number of unbranched alkanes of at least 4 members (excludes halogenated alkanes) is 2. The van der Waals surface area contributed by atoms with E-state index in [4.69, 9.17) is 4.74 Å². The van der Waals surface area contributed by atoms with Crippen LogP contribution in [0, 0.1) is 0 Å². The molecule has 0 unspecified atom stereocenters. The minimum atomic E-state index is -0.305. The number of aromatic nitrogens is 1. The van der Waals surface area contributed by atoms with Crippen LogP contribution in [0.5, 0.6) is 0 Å². The van der Waals surface area contributed by atoms with E-state index in [9.17, 15) is 4.79 Å². The first-order valence-corrected chi connectivity index (χ1v) is 7.61. The Hall–Kier alpha value is -1.58. The van der Waals surface area contributed by atoms with E-state index in [1.54, 1.807) is 19.2 Å². The molecule has 20 heavy (non-hydrogen) atoms. The van der Waals surface area contributed by atoms with Gasteiger partial charge in [-0.2, -0.15) is 0 Å². The van der Waals surface area contributed by atoms with Gasteiger partial charge in [0.1, 0.15) is 5.82 Å². The molecule has 112 valence electrons. The van der Waals surface area contributed by atoms with Crippen LogP contribution in [0.1, 0.15) is 56.8 Å². The number of hydrogen-bond donors (Lipinski definition) is 0. The topological polar surface area (TPSA) is 42.4 Å². The van der Waals surface area contributed by atoms with E-state index in [1.165, 1.54) is 12.8 Å². The van der Waals surface area contributed by atoms with Crippen LogP contribution in [0.15, 0.2) is 18.3 Å². The Morgan fingerprint density at radius 1 is 1.15 bits per heavy atom. The minimum Gasteiger partial charge on any atom is -0.462 e. The fourth-order valence-electron chi connectivity index (χ4n) is 1.95. The summed E-state index contributed by atoms with van der Waals surface area (Å²) in [4.78, 5) is 18.3. The first-order chi connectivity index (χ1) is 9.72. The summed E-state index contributed by atoms with van der Waals surface area (Å²) in [7, 11) is 0. The Morgan fingerprint density at radius 3 is 2.25 bits per heavy atom. The number of rotatable bonds is 9. The summed E-state index contributed by atoms with van der Waals surface area (Å²) in [6.07, 6.45) is 6.27. The normalized spacial score (nSPS) is 10.3. The molecule has 1 heterocycles. The van der Waals surface area contributed by atoms with Gasteiger partial charge in [-0.1, -0.05) is 26.7 Å². The van der Waals surface area contributed by atoms with E-state index in [0.29, 0.717) is 12.2 Å². The number of esters is 1. The maximum atomic E-state index is 11.6. The maximum Gasteiger partial charge on any atom is 0.339 e. The van der Waals surface area contributed by atoms with Crippen molar-refractivity contribution in [3.05, 3.63) is 23.9 Å². The third-order valence-electron chi connectivity index (χ3n) is 3.15. The number of pyridine rings is 1. The highest BCUT2D eigenvalue weighted by Crippen LogP contribution is 2.14. The lowest BCUT2D eigenvalue weighted by Gasteiger charge is -2.23.